The quantitative estimate of drug-likeness (QED) is 0.361. The molecular formula is C27H22N2O3. The van der Waals surface area contributed by atoms with Crippen LogP contribution in [-0.2, 0) is 0 Å². The summed E-state index contributed by atoms with van der Waals surface area (Å²) in [5, 5.41) is 10.6. The number of benzene rings is 2. The number of carboxylic acids is 1. The van der Waals surface area contributed by atoms with Gasteiger partial charge in [-0.25, -0.2) is 9.78 Å². The van der Waals surface area contributed by atoms with Crippen molar-refractivity contribution in [3.8, 4) is 17.0 Å². The number of hydrogen-bond donors (Lipinski definition) is 1. The number of fused-ring (bicyclic) bond motifs is 2. The standard InChI is InChI=1S/C27H22N2O3/c1-17-11-12-24(32-18(2)19-8-4-3-5-9-19)25-22(27(30)31)15-23(28-26(17)25)20-14-21-10-6-7-13-29(21)16-20/h3-16,18H,1-2H3,(H,30,31)/t18-/m1/s1. The molecule has 0 saturated carbocycles. The number of ether oxygens (including phenoxy) is 1. The normalized spacial score (nSPS) is 12.2. The molecule has 0 unspecified atom stereocenters. The summed E-state index contributed by atoms with van der Waals surface area (Å²) in [6.07, 6.45) is 3.68. The van der Waals surface area contributed by atoms with Gasteiger partial charge in [-0.3, -0.25) is 0 Å². The van der Waals surface area contributed by atoms with Crippen molar-refractivity contribution in [2.24, 2.45) is 0 Å². The number of rotatable bonds is 5. The summed E-state index contributed by atoms with van der Waals surface area (Å²) in [6.45, 7) is 3.89. The first kappa shape index (κ1) is 19.8. The Morgan fingerprint density at radius 3 is 2.56 bits per heavy atom. The fourth-order valence-electron chi connectivity index (χ4n) is 4.04. The van der Waals surface area contributed by atoms with Gasteiger partial charge in [-0.1, -0.05) is 42.5 Å². The minimum Gasteiger partial charge on any atom is -0.485 e. The average molecular weight is 422 g/mol. The molecule has 0 saturated heterocycles. The van der Waals surface area contributed by atoms with Crippen LogP contribution in [0.15, 0.2) is 85.2 Å². The molecule has 0 amide bonds. The lowest BCUT2D eigenvalue weighted by Crippen LogP contribution is -2.07. The fourth-order valence-corrected chi connectivity index (χ4v) is 4.04. The Labute approximate surface area is 185 Å². The predicted molar refractivity (Wildman–Crippen MR) is 125 cm³/mol. The van der Waals surface area contributed by atoms with E-state index in [4.69, 9.17) is 9.72 Å². The van der Waals surface area contributed by atoms with Gasteiger partial charge < -0.3 is 14.2 Å². The molecule has 32 heavy (non-hydrogen) atoms. The number of nitrogens with zero attached hydrogens (tertiary/aromatic N) is 2. The summed E-state index contributed by atoms with van der Waals surface area (Å²) < 4.78 is 8.24. The van der Waals surface area contributed by atoms with E-state index in [1.807, 2.05) is 97.4 Å². The first-order chi connectivity index (χ1) is 15.5. The van der Waals surface area contributed by atoms with Crippen LogP contribution >= 0.6 is 0 Å². The van der Waals surface area contributed by atoms with Gasteiger partial charge in [0.1, 0.15) is 11.9 Å². The minimum atomic E-state index is -1.01. The lowest BCUT2D eigenvalue weighted by molar-refractivity contribution is 0.0698. The van der Waals surface area contributed by atoms with E-state index in [1.54, 1.807) is 6.07 Å². The second-order valence-corrected chi connectivity index (χ2v) is 7.90. The highest BCUT2D eigenvalue weighted by Gasteiger charge is 2.20. The number of carboxylic acid groups (broad SMARTS) is 1. The van der Waals surface area contributed by atoms with Crippen molar-refractivity contribution in [3.63, 3.8) is 0 Å². The van der Waals surface area contributed by atoms with Gasteiger partial charge in [-0.05, 0) is 55.3 Å². The van der Waals surface area contributed by atoms with Crippen LogP contribution in [0.2, 0.25) is 0 Å². The zero-order valence-electron chi connectivity index (χ0n) is 17.8. The van der Waals surface area contributed by atoms with E-state index in [-0.39, 0.29) is 11.7 Å². The maximum atomic E-state index is 12.3. The van der Waals surface area contributed by atoms with Gasteiger partial charge in [0.25, 0.3) is 0 Å². The van der Waals surface area contributed by atoms with Crippen molar-refractivity contribution in [3.05, 3.63) is 102 Å². The topological polar surface area (TPSA) is 63.8 Å². The third-order valence-corrected chi connectivity index (χ3v) is 5.73. The molecule has 3 aromatic heterocycles. The number of aromatic nitrogens is 2. The molecule has 5 nitrogen and oxygen atoms in total. The van der Waals surface area contributed by atoms with Crippen molar-refractivity contribution in [1.29, 1.82) is 0 Å². The van der Waals surface area contributed by atoms with E-state index in [0.717, 1.165) is 22.2 Å². The molecule has 5 heteroatoms. The van der Waals surface area contributed by atoms with Crippen molar-refractivity contribution in [2.75, 3.05) is 0 Å². The van der Waals surface area contributed by atoms with E-state index in [9.17, 15) is 9.90 Å². The Morgan fingerprint density at radius 2 is 1.81 bits per heavy atom. The molecule has 5 rings (SSSR count). The summed E-state index contributed by atoms with van der Waals surface area (Å²) in [4.78, 5) is 17.2. The molecule has 0 fully saturated rings. The zero-order valence-corrected chi connectivity index (χ0v) is 17.8. The van der Waals surface area contributed by atoms with Gasteiger partial charge in [0.2, 0.25) is 0 Å². The molecule has 0 aliphatic rings. The van der Waals surface area contributed by atoms with Crippen LogP contribution < -0.4 is 4.74 Å². The molecular weight excluding hydrogens is 400 g/mol. The fraction of sp³-hybridized carbons (Fsp3) is 0.111. The number of aryl methyl sites for hydroxylation is 1. The van der Waals surface area contributed by atoms with Crippen LogP contribution in [0.5, 0.6) is 5.75 Å². The van der Waals surface area contributed by atoms with Crippen LogP contribution in [-0.4, -0.2) is 20.5 Å². The monoisotopic (exact) mass is 422 g/mol. The first-order valence-corrected chi connectivity index (χ1v) is 10.5. The highest BCUT2D eigenvalue weighted by atomic mass is 16.5. The Balaban J connectivity index is 1.67. The van der Waals surface area contributed by atoms with Gasteiger partial charge in [0.15, 0.2) is 0 Å². The summed E-state index contributed by atoms with van der Waals surface area (Å²) in [6, 6.07) is 23.2. The maximum Gasteiger partial charge on any atom is 0.336 e. The van der Waals surface area contributed by atoms with Crippen molar-refractivity contribution in [2.45, 2.75) is 20.0 Å². The highest BCUT2D eigenvalue weighted by Crippen LogP contribution is 2.36. The van der Waals surface area contributed by atoms with Gasteiger partial charge in [-0.15, -0.1) is 0 Å². The summed E-state index contributed by atoms with van der Waals surface area (Å²) in [7, 11) is 0. The SMILES string of the molecule is Cc1ccc(O[C@H](C)c2ccccc2)c2c(C(=O)O)cc(-c3cc4ccccn4c3)nc12. The van der Waals surface area contributed by atoms with E-state index >= 15 is 0 Å². The van der Waals surface area contributed by atoms with Gasteiger partial charge in [0.05, 0.1) is 22.2 Å². The smallest absolute Gasteiger partial charge is 0.336 e. The van der Waals surface area contributed by atoms with E-state index < -0.39 is 5.97 Å². The van der Waals surface area contributed by atoms with Crippen LogP contribution in [0.4, 0.5) is 0 Å². The first-order valence-electron chi connectivity index (χ1n) is 10.5. The second-order valence-electron chi connectivity index (χ2n) is 7.90. The summed E-state index contributed by atoms with van der Waals surface area (Å²) in [5.74, 6) is -0.495. The average Bonchev–Trinajstić information content (AvgIpc) is 3.25. The van der Waals surface area contributed by atoms with Crippen molar-refractivity contribution >= 4 is 22.4 Å². The van der Waals surface area contributed by atoms with Crippen LogP contribution in [0.25, 0.3) is 27.7 Å². The number of aromatic carboxylic acids is 1. The van der Waals surface area contributed by atoms with Gasteiger partial charge in [-0.2, -0.15) is 0 Å². The minimum absolute atomic E-state index is 0.180. The summed E-state index contributed by atoms with van der Waals surface area (Å²) in [5.41, 5.74) is 5.23. The molecule has 158 valence electrons. The Bertz CT molecular complexity index is 1420. The van der Waals surface area contributed by atoms with Gasteiger partial charge >= 0.3 is 5.97 Å². The lowest BCUT2D eigenvalue weighted by Gasteiger charge is -2.18. The number of carbonyl (C=O) groups is 1. The molecule has 1 N–H and O–H groups in total. The van der Waals surface area contributed by atoms with Crippen LogP contribution in [0, 0.1) is 6.92 Å². The van der Waals surface area contributed by atoms with Crippen molar-refractivity contribution in [1.82, 2.24) is 9.38 Å². The second kappa shape index (κ2) is 7.85. The molecule has 0 aliphatic heterocycles. The number of hydrogen-bond acceptors (Lipinski definition) is 3. The molecule has 3 heterocycles. The predicted octanol–water partition coefficient (Wildman–Crippen LogP) is 6.30. The molecule has 5 aromatic rings. The Kier molecular flexibility index (Phi) is 4.86. The Hall–Kier alpha value is -4.12. The highest BCUT2D eigenvalue weighted by molar-refractivity contribution is 6.07. The molecule has 0 aliphatic carbocycles. The molecule has 0 radical (unpaired) electrons. The maximum absolute atomic E-state index is 12.3. The van der Waals surface area contributed by atoms with E-state index in [1.165, 1.54) is 0 Å². The molecule has 0 spiro atoms. The lowest BCUT2D eigenvalue weighted by atomic mass is 10.0. The molecule has 2 aromatic carbocycles. The van der Waals surface area contributed by atoms with E-state index in [0.29, 0.717) is 22.3 Å². The molecule has 0 bridgehead atoms. The van der Waals surface area contributed by atoms with E-state index in [2.05, 4.69) is 0 Å². The third kappa shape index (κ3) is 3.48. The van der Waals surface area contributed by atoms with Crippen LogP contribution in [0.1, 0.15) is 34.5 Å². The molecule has 1 atom stereocenters. The third-order valence-electron chi connectivity index (χ3n) is 5.73. The van der Waals surface area contributed by atoms with Gasteiger partial charge in [0, 0.05) is 23.5 Å². The number of pyridine rings is 2. The Morgan fingerprint density at radius 1 is 1.03 bits per heavy atom. The summed E-state index contributed by atoms with van der Waals surface area (Å²) >= 11 is 0. The zero-order chi connectivity index (χ0) is 22.2. The van der Waals surface area contributed by atoms with Crippen LogP contribution in [0.3, 0.4) is 0 Å². The van der Waals surface area contributed by atoms with Crippen molar-refractivity contribution < 1.29 is 14.6 Å². The largest absolute Gasteiger partial charge is 0.485 e.